The number of hydrogen-bond acceptors (Lipinski definition) is 4. The Morgan fingerprint density at radius 1 is 1.26 bits per heavy atom. The van der Waals surface area contributed by atoms with E-state index in [1.54, 1.807) is 0 Å². The Labute approximate surface area is 121 Å². The van der Waals surface area contributed by atoms with Crippen molar-refractivity contribution in [2.45, 2.75) is 39.3 Å². The lowest BCUT2D eigenvalue weighted by Crippen LogP contribution is -2.51. The first-order valence-electron chi connectivity index (χ1n) is 6.20. The molecule has 0 aliphatic carbocycles. The fourth-order valence-electron chi connectivity index (χ4n) is 1.41. The Balaban J connectivity index is 0. The van der Waals surface area contributed by atoms with Gasteiger partial charge in [-0.05, 0) is 19.3 Å². The van der Waals surface area contributed by atoms with Gasteiger partial charge in [0, 0.05) is 19.7 Å². The van der Waals surface area contributed by atoms with Crippen LogP contribution in [0.2, 0.25) is 0 Å². The van der Waals surface area contributed by atoms with E-state index in [4.69, 9.17) is 10.5 Å². The topological polar surface area (TPSA) is 93.4 Å². The molecule has 0 fully saturated rings. The molecule has 0 aromatic rings. The van der Waals surface area contributed by atoms with Crippen LogP contribution in [-0.2, 0) is 14.3 Å². The van der Waals surface area contributed by atoms with Crippen LogP contribution in [0.15, 0.2) is 0 Å². The number of amides is 2. The van der Waals surface area contributed by atoms with E-state index in [1.165, 1.54) is 7.11 Å². The van der Waals surface area contributed by atoms with E-state index in [9.17, 15) is 9.59 Å². The van der Waals surface area contributed by atoms with E-state index in [0.29, 0.717) is 13.0 Å². The van der Waals surface area contributed by atoms with Gasteiger partial charge >= 0.3 is 0 Å². The molecule has 0 aliphatic heterocycles. The van der Waals surface area contributed by atoms with Gasteiger partial charge in [0.05, 0.1) is 0 Å². The van der Waals surface area contributed by atoms with E-state index in [0.717, 1.165) is 0 Å². The van der Waals surface area contributed by atoms with Crippen LogP contribution in [0.3, 0.4) is 0 Å². The van der Waals surface area contributed by atoms with E-state index in [2.05, 4.69) is 10.6 Å². The van der Waals surface area contributed by atoms with Gasteiger partial charge in [0.2, 0.25) is 11.8 Å². The minimum atomic E-state index is -0.541. The molecule has 7 heteroatoms. The highest BCUT2D eigenvalue weighted by molar-refractivity contribution is 5.88. The van der Waals surface area contributed by atoms with Crippen LogP contribution in [0.1, 0.15) is 27.2 Å². The van der Waals surface area contributed by atoms with Crippen LogP contribution in [0.4, 0.5) is 0 Å². The summed E-state index contributed by atoms with van der Waals surface area (Å²) in [6, 6.07) is -0.494. The quantitative estimate of drug-likeness (QED) is 0.590. The fraction of sp³-hybridized carbons (Fsp3) is 0.833. The van der Waals surface area contributed by atoms with Gasteiger partial charge in [-0.3, -0.25) is 9.59 Å². The molecule has 0 aromatic heterocycles. The molecule has 0 aliphatic rings. The molecule has 0 radical (unpaired) electrons. The lowest BCUT2D eigenvalue weighted by molar-refractivity contribution is -0.131. The maximum Gasteiger partial charge on any atom is 0.246 e. The zero-order valence-electron chi connectivity index (χ0n) is 12.1. The summed E-state index contributed by atoms with van der Waals surface area (Å²) in [6.45, 7) is 6.11. The number of carbonyl (C=O) groups excluding carboxylic acids is 2. The number of carbonyl (C=O) groups is 2. The summed E-state index contributed by atoms with van der Waals surface area (Å²) in [5.74, 6) is -0.463. The third kappa shape index (κ3) is 9.69. The normalized spacial score (nSPS) is 13.4. The largest absolute Gasteiger partial charge is 0.375 e. The number of halogens is 1. The van der Waals surface area contributed by atoms with E-state index in [-0.39, 0.29) is 42.8 Å². The number of hydrogen-bond donors (Lipinski definition) is 3. The van der Waals surface area contributed by atoms with Crippen LogP contribution in [0, 0.1) is 5.92 Å². The second kappa shape index (κ2) is 11.0. The molecule has 0 rings (SSSR count). The Bertz CT molecular complexity index is 273. The summed E-state index contributed by atoms with van der Waals surface area (Å²) in [5.41, 5.74) is 5.60. The molecule has 4 N–H and O–H groups in total. The Kier molecular flexibility index (Phi) is 11.9. The van der Waals surface area contributed by atoms with Gasteiger partial charge in [-0.25, -0.2) is 0 Å². The average molecular weight is 296 g/mol. The Morgan fingerprint density at radius 2 is 1.84 bits per heavy atom. The van der Waals surface area contributed by atoms with Crippen LogP contribution < -0.4 is 16.4 Å². The summed E-state index contributed by atoms with van der Waals surface area (Å²) in [5, 5.41) is 5.42. The van der Waals surface area contributed by atoms with Crippen molar-refractivity contribution in [3.63, 3.8) is 0 Å². The second-order valence-corrected chi connectivity index (χ2v) is 4.78. The van der Waals surface area contributed by atoms with Gasteiger partial charge in [0.25, 0.3) is 0 Å². The number of nitrogens with two attached hydrogens (primary N) is 1. The average Bonchev–Trinajstić information content (AvgIpc) is 2.25. The van der Waals surface area contributed by atoms with Gasteiger partial charge in [-0.1, -0.05) is 13.8 Å². The predicted octanol–water partition coefficient (Wildman–Crippen LogP) is 0.0489. The molecule has 1 unspecified atom stereocenters. The van der Waals surface area contributed by atoms with Gasteiger partial charge in [-0.2, -0.15) is 0 Å². The lowest BCUT2D eigenvalue weighted by atomic mass is 10.0. The van der Waals surface area contributed by atoms with Crippen molar-refractivity contribution in [2.75, 3.05) is 20.3 Å². The predicted molar refractivity (Wildman–Crippen MR) is 77.2 cm³/mol. The smallest absolute Gasteiger partial charge is 0.246 e. The van der Waals surface area contributed by atoms with Crippen molar-refractivity contribution in [3.8, 4) is 0 Å². The second-order valence-electron chi connectivity index (χ2n) is 4.78. The molecule has 0 aromatic carbocycles. The van der Waals surface area contributed by atoms with Crippen molar-refractivity contribution in [1.29, 1.82) is 0 Å². The molecular weight excluding hydrogens is 270 g/mol. The van der Waals surface area contributed by atoms with Crippen molar-refractivity contribution < 1.29 is 14.3 Å². The first kappa shape index (κ1) is 20.5. The van der Waals surface area contributed by atoms with E-state index >= 15 is 0 Å². The van der Waals surface area contributed by atoms with Gasteiger partial charge in [-0.15, -0.1) is 12.4 Å². The highest BCUT2D eigenvalue weighted by Crippen LogP contribution is 2.02. The van der Waals surface area contributed by atoms with E-state index < -0.39 is 6.04 Å². The van der Waals surface area contributed by atoms with Crippen LogP contribution in [-0.4, -0.2) is 44.2 Å². The lowest BCUT2D eigenvalue weighted by Gasteiger charge is -2.21. The maximum atomic E-state index is 11.9. The maximum absolute atomic E-state index is 11.9. The molecule has 6 nitrogen and oxygen atoms in total. The standard InChI is InChI=1S/C12H25N3O3.ClH/c1-8(2)11(15-10(16)7-18-4)12(17)14-6-5-9(3)13;/h8-9,11H,5-7,13H2,1-4H3,(H,14,17)(H,15,16);1H/t9?,11-;/m0./s1. The molecule has 2 atom stereocenters. The molecule has 19 heavy (non-hydrogen) atoms. The molecular formula is C12H26ClN3O3. The van der Waals surface area contributed by atoms with Gasteiger partial charge < -0.3 is 21.1 Å². The van der Waals surface area contributed by atoms with Crippen molar-refractivity contribution in [1.82, 2.24) is 10.6 Å². The summed E-state index contributed by atoms with van der Waals surface area (Å²) in [7, 11) is 1.44. The summed E-state index contributed by atoms with van der Waals surface area (Å²) >= 11 is 0. The third-order valence-electron chi connectivity index (χ3n) is 2.44. The molecule has 0 heterocycles. The SMILES string of the molecule is COCC(=O)N[C@H](C(=O)NCCC(C)N)C(C)C.Cl. The minimum Gasteiger partial charge on any atom is -0.375 e. The summed E-state index contributed by atoms with van der Waals surface area (Å²) in [6.07, 6.45) is 0.711. The fourth-order valence-corrected chi connectivity index (χ4v) is 1.41. The molecule has 0 saturated heterocycles. The van der Waals surface area contributed by atoms with E-state index in [1.807, 2.05) is 20.8 Å². The van der Waals surface area contributed by atoms with Crippen molar-refractivity contribution in [3.05, 3.63) is 0 Å². The molecule has 0 saturated carbocycles. The molecule has 0 spiro atoms. The highest BCUT2D eigenvalue weighted by atomic mass is 35.5. The summed E-state index contributed by atoms with van der Waals surface area (Å²) in [4.78, 5) is 23.3. The first-order chi connectivity index (χ1) is 8.38. The highest BCUT2D eigenvalue weighted by Gasteiger charge is 2.23. The minimum absolute atomic E-state index is 0. The number of methoxy groups -OCH3 is 1. The number of ether oxygens (including phenoxy) is 1. The van der Waals surface area contributed by atoms with Crippen LogP contribution in [0.25, 0.3) is 0 Å². The van der Waals surface area contributed by atoms with Crippen LogP contribution >= 0.6 is 12.4 Å². The van der Waals surface area contributed by atoms with Crippen LogP contribution in [0.5, 0.6) is 0 Å². The molecule has 0 bridgehead atoms. The van der Waals surface area contributed by atoms with Gasteiger partial charge in [0.15, 0.2) is 0 Å². The first-order valence-corrected chi connectivity index (χ1v) is 6.20. The molecule has 114 valence electrons. The Hall–Kier alpha value is -0.850. The third-order valence-corrected chi connectivity index (χ3v) is 2.44. The monoisotopic (exact) mass is 295 g/mol. The number of nitrogens with one attached hydrogen (secondary N) is 2. The van der Waals surface area contributed by atoms with Gasteiger partial charge in [0.1, 0.15) is 12.6 Å². The van der Waals surface area contributed by atoms with Crippen molar-refractivity contribution >= 4 is 24.2 Å². The zero-order valence-corrected chi connectivity index (χ0v) is 12.9. The zero-order chi connectivity index (χ0) is 14.1. The molecule has 2 amide bonds. The van der Waals surface area contributed by atoms with Crippen molar-refractivity contribution in [2.24, 2.45) is 11.7 Å². The number of rotatable bonds is 8. The Morgan fingerprint density at radius 3 is 2.26 bits per heavy atom. The summed E-state index contributed by atoms with van der Waals surface area (Å²) < 4.78 is 4.72.